The number of aliphatic hydroxyl groups excluding tert-OH is 1. The van der Waals surface area contributed by atoms with Gasteiger partial charge in [0.05, 0.1) is 13.2 Å². The Balaban J connectivity index is 2.26. The third-order valence-corrected chi connectivity index (χ3v) is 4.59. The van der Waals surface area contributed by atoms with Gasteiger partial charge in [0.15, 0.2) is 0 Å². The summed E-state index contributed by atoms with van der Waals surface area (Å²) in [4.78, 5) is 0.145. The lowest BCUT2D eigenvalue weighted by Crippen LogP contribution is -2.46. The molecule has 1 aliphatic rings. The maximum Gasteiger partial charge on any atom is 0.244 e. The molecule has 1 aliphatic carbocycles. The number of hydrogen-bond acceptors (Lipinski definition) is 4. The average molecular weight is 271 g/mol. The topological polar surface area (TPSA) is 75.6 Å². The van der Waals surface area contributed by atoms with Crippen molar-refractivity contribution in [2.75, 3.05) is 7.11 Å². The molecule has 0 aromatic heterocycles. The summed E-state index contributed by atoms with van der Waals surface area (Å²) in [5.41, 5.74) is 0.852. The van der Waals surface area contributed by atoms with E-state index in [-0.39, 0.29) is 10.9 Å². The smallest absolute Gasteiger partial charge is 0.244 e. The molecule has 1 fully saturated rings. The Hall–Kier alpha value is -1.11. The molecular weight excluding hydrogens is 254 g/mol. The van der Waals surface area contributed by atoms with Gasteiger partial charge in [0.1, 0.15) is 10.6 Å². The van der Waals surface area contributed by atoms with Crippen molar-refractivity contribution in [3.8, 4) is 5.75 Å². The average Bonchev–Trinajstić information content (AvgIpc) is 2.26. The van der Waals surface area contributed by atoms with Crippen LogP contribution in [-0.2, 0) is 10.0 Å². The number of benzene rings is 1. The number of aryl methyl sites for hydroxylation is 1. The van der Waals surface area contributed by atoms with Crippen LogP contribution < -0.4 is 9.46 Å². The second-order valence-electron chi connectivity index (χ2n) is 4.60. The Labute approximate surface area is 107 Å². The minimum atomic E-state index is -3.60. The number of hydrogen-bond donors (Lipinski definition) is 2. The van der Waals surface area contributed by atoms with Crippen LogP contribution in [0.1, 0.15) is 18.4 Å². The van der Waals surface area contributed by atoms with Gasteiger partial charge in [-0.15, -0.1) is 0 Å². The predicted molar refractivity (Wildman–Crippen MR) is 67.1 cm³/mol. The van der Waals surface area contributed by atoms with E-state index < -0.39 is 16.1 Å². The zero-order valence-corrected chi connectivity index (χ0v) is 11.2. The standard InChI is InChI=1S/C12H17NO4S/c1-8-3-4-11(17-2)12(5-8)18(15,16)13-9-6-10(14)7-9/h3-5,9-10,13-14H,6-7H2,1-2H3. The van der Waals surface area contributed by atoms with Crippen molar-refractivity contribution in [3.05, 3.63) is 23.8 Å². The van der Waals surface area contributed by atoms with Gasteiger partial charge >= 0.3 is 0 Å². The van der Waals surface area contributed by atoms with E-state index in [1.807, 2.05) is 6.92 Å². The second kappa shape index (κ2) is 4.87. The maximum atomic E-state index is 12.2. The van der Waals surface area contributed by atoms with Crippen molar-refractivity contribution in [2.24, 2.45) is 0 Å². The van der Waals surface area contributed by atoms with E-state index in [0.29, 0.717) is 18.6 Å². The molecule has 1 aromatic carbocycles. The number of aliphatic hydroxyl groups is 1. The van der Waals surface area contributed by atoms with Gasteiger partial charge in [0, 0.05) is 6.04 Å². The normalized spacial score (nSPS) is 23.5. The number of sulfonamides is 1. The van der Waals surface area contributed by atoms with Crippen molar-refractivity contribution in [2.45, 2.75) is 36.8 Å². The van der Waals surface area contributed by atoms with E-state index in [4.69, 9.17) is 4.74 Å². The minimum Gasteiger partial charge on any atom is -0.495 e. The van der Waals surface area contributed by atoms with Crippen LogP contribution in [0.5, 0.6) is 5.75 Å². The molecule has 2 rings (SSSR count). The summed E-state index contributed by atoms with van der Waals surface area (Å²) in [6.45, 7) is 1.82. The molecule has 0 spiro atoms. The fraction of sp³-hybridized carbons (Fsp3) is 0.500. The maximum absolute atomic E-state index is 12.2. The molecule has 18 heavy (non-hydrogen) atoms. The lowest BCUT2D eigenvalue weighted by atomic mass is 9.91. The number of methoxy groups -OCH3 is 1. The molecule has 1 saturated carbocycles. The van der Waals surface area contributed by atoms with Gasteiger partial charge in [-0.05, 0) is 37.5 Å². The van der Waals surface area contributed by atoms with E-state index >= 15 is 0 Å². The van der Waals surface area contributed by atoms with Crippen LogP contribution in [0, 0.1) is 6.92 Å². The number of rotatable bonds is 4. The van der Waals surface area contributed by atoms with Gasteiger partial charge in [-0.3, -0.25) is 0 Å². The van der Waals surface area contributed by atoms with Crippen LogP contribution in [0.15, 0.2) is 23.1 Å². The fourth-order valence-electron chi connectivity index (χ4n) is 1.96. The molecular formula is C12H17NO4S. The van der Waals surface area contributed by atoms with Crippen LogP contribution in [0.25, 0.3) is 0 Å². The summed E-state index contributed by atoms with van der Waals surface area (Å²) >= 11 is 0. The van der Waals surface area contributed by atoms with Gasteiger partial charge in [-0.2, -0.15) is 0 Å². The van der Waals surface area contributed by atoms with Gasteiger partial charge in [-0.25, -0.2) is 13.1 Å². The van der Waals surface area contributed by atoms with Crippen molar-refractivity contribution in [1.29, 1.82) is 0 Å². The lowest BCUT2D eigenvalue weighted by Gasteiger charge is -2.31. The minimum absolute atomic E-state index is 0.145. The quantitative estimate of drug-likeness (QED) is 0.849. The molecule has 2 N–H and O–H groups in total. The molecule has 0 saturated heterocycles. The van der Waals surface area contributed by atoms with E-state index in [1.165, 1.54) is 7.11 Å². The largest absolute Gasteiger partial charge is 0.495 e. The zero-order chi connectivity index (χ0) is 13.3. The molecule has 1 aromatic rings. The van der Waals surface area contributed by atoms with Gasteiger partial charge in [0.25, 0.3) is 0 Å². The SMILES string of the molecule is COc1ccc(C)cc1S(=O)(=O)NC1CC(O)C1. The second-order valence-corrected chi connectivity index (χ2v) is 6.28. The third-order valence-electron chi connectivity index (χ3n) is 3.04. The molecule has 0 radical (unpaired) electrons. The Bertz CT molecular complexity index is 535. The Morgan fingerprint density at radius 3 is 2.61 bits per heavy atom. The van der Waals surface area contributed by atoms with Crippen LogP contribution >= 0.6 is 0 Å². The first-order chi connectivity index (χ1) is 8.42. The molecule has 0 amide bonds. The van der Waals surface area contributed by atoms with E-state index in [2.05, 4.69) is 4.72 Å². The molecule has 5 nitrogen and oxygen atoms in total. The predicted octanol–water partition coefficient (Wildman–Crippen LogP) is 0.805. The van der Waals surface area contributed by atoms with Crippen molar-refractivity contribution >= 4 is 10.0 Å². The molecule has 100 valence electrons. The molecule has 0 aliphatic heterocycles. The Morgan fingerprint density at radius 1 is 1.39 bits per heavy atom. The van der Waals surface area contributed by atoms with E-state index in [1.54, 1.807) is 18.2 Å². The first kappa shape index (κ1) is 13.3. The summed E-state index contributed by atoms with van der Waals surface area (Å²) < 4.78 is 32.0. The highest BCUT2D eigenvalue weighted by Crippen LogP contribution is 2.27. The summed E-state index contributed by atoms with van der Waals surface area (Å²) in [6, 6.07) is 4.83. The first-order valence-electron chi connectivity index (χ1n) is 5.77. The summed E-state index contributed by atoms with van der Waals surface area (Å²) in [5, 5.41) is 9.17. The molecule has 6 heteroatoms. The van der Waals surface area contributed by atoms with E-state index in [0.717, 1.165) is 5.56 Å². The van der Waals surface area contributed by atoms with Gasteiger partial charge in [-0.1, -0.05) is 6.07 Å². The zero-order valence-electron chi connectivity index (χ0n) is 10.4. The van der Waals surface area contributed by atoms with Crippen LogP contribution in [0.2, 0.25) is 0 Å². The summed E-state index contributed by atoms with van der Waals surface area (Å²) in [6.07, 6.45) is 0.540. The Kier molecular flexibility index (Phi) is 3.61. The van der Waals surface area contributed by atoms with Crippen molar-refractivity contribution in [1.82, 2.24) is 4.72 Å². The molecule has 0 atom stereocenters. The first-order valence-corrected chi connectivity index (χ1v) is 7.26. The van der Waals surface area contributed by atoms with Gasteiger partial charge < -0.3 is 9.84 Å². The fourth-order valence-corrected chi connectivity index (χ4v) is 3.48. The van der Waals surface area contributed by atoms with Crippen LogP contribution in [-0.4, -0.2) is 32.8 Å². The van der Waals surface area contributed by atoms with Crippen molar-refractivity contribution in [3.63, 3.8) is 0 Å². The molecule has 0 unspecified atom stereocenters. The summed E-state index contributed by atoms with van der Waals surface area (Å²) in [7, 11) is -2.15. The molecule has 0 heterocycles. The van der Waals surface area contributed by atoms with Crippen LogP contribution in [0.3, 0.4) is 0 Å². The van der Waals surface area contributed by atoms with Crippen molar-refractivity contribution < 1.29 is 18.3 Å². The summed E-state index contributed by atoms with van der Waals surface area (Å²) in [5.74, 6) is 0.327. The van der Waals surface area contributed by atoms with Gasteiger partial charge in [0.2, 0.25) is 10.0 Å². The lowest BCUT2D eigenvalue weighted by molar-refractivity contribution is 0.0712. The van der Waals surface area contributed by atoms with Crippen LogP contribution in [0.4, 0.5) is 0 Å². The number of ether oxygens (including phenoxy) is 1. The highest BCUT2D eigenvalue weighted by molar-refractivity contribution is 7.89. The highest BCUT2D eigenvalue weighted by atomic mass is 32.2. The third kappa shape index (κ3) is 2.66. The molecule has 0 bridgehead atoms. The monoisotopic (exact) mass is 271 g/mol. The Morgan fingerprint density at radius 2 is 2.06 bits per heavy atom. The highest BCUT2D eigenvalue weighted by Gasteiger charge is 2.32. The number of nitrogens with one attached hydrogen (secondary N) is 1. The van der Waals surface area contributed by atoms with E-state index in [9.17, 15) is 13.5 Å².